The molecule has 1 unspecified atom stereocenters. The van der Waals surface area contributed by atoms with Crippen LogP contribution in [0.3, 0.4) is 0 Å². The van der Waals surface area contributed by atoms with Gasteiger partial charge in [-0.25, -0.2) is 0 Å². The van der Waals surface area contributed by atoms with E-state index in [-0.39, 0.29) is 4.88 Å². The van der Waals surface area contributed by atoms with Crippen LogP contribution in [-0.2, 0) is 0 Å². The van der Waals surface area contributed by atoms with E-state index < -0.39 is 11.6 Å². The molecule has 7 heteroatoms. The molecule has 0 N–H and O–H groups in total. The number of hydrogen-bond acceptors (Lipinski definition) is 1. The third kappa shape index (κ3) is 2.84. The van der Waals surface area contributed by atoms with Crippen molar-refractivity contribution in [3.63, 3.8) is 0 Å². The molecule has 0 aliphatic rings. The van der Waals surface area contributed by atoms with Crippen LogP contribution in [-0.4, -0.2) is 6.18 Å². The third-order valence-electron chi connectivity index (χ3n) is 1.20. The minimum atomic E-state index is -4.40. The lowest BCUT2D eigenvalue weighted by Crippen LogP contribution is -2.14. The highest BCUT2D eigenvalue weighted by Gasteiger charge is 2.40. The first-order valence-corrected chi connectivity index (χ1v) is 5.82. The quantitative estimate of drug-likeness (QED) is 0.612. The van der Waals surface area contributed by atoms with Crippen LogP contribution in [0.15, 0.2) is 14.3 Å². The lowest BCUT2D eigenvalue weighted by molar-refractivity contribution is -0.131. The van der Waals surface area contributed by atoms with Crippen LogP contribution < -0.4 is 0 Å². The van der Waals surface area contributed by atoms with E-state index in [0.717, 1.165) is 11.3 Å². The lowest BCUT2D eigenvalue weighted by Gasteiger charge is -2.10. The summed E-state index contributed by atoms with van der Waals surface area (Å²) in [4.78, 5) is 0.0768. The van der Waals surface area contributed by atoms with E-state index in [1.807, 2.05) is 0 Å². The summed E-state index contributed by atoms with van der Waals surface area (Å²) in [5.41, 5.74) is 0. The van der Waals surface area contributed by atoms with Crippen molar-refractivity contribution in [3.8, 4) is 0 Å². The molecule has 0 aromatic carbocycles. The molecule has 0 saturated heterocycles. The molecule has 0 amide bonds. The van der Waals surface area contributed by atoms with Crippen molar-refractivity contribution in [3.05, 3.63) is 19.2 Å². The van der Waals surface area contributed by atoms with Gasteiger partial charge in [-0.05, 0) is 37.9 Å². The monoisotopic (exact) mass is 356 g/mol. The van der Waals surface area contributed by atoms with Gasteiger partial charge in [0.15, 0.2) is 5.38 Å². The van der Waals surface area contributed by atoms with Crippen molar-refractivity contribution in [2.45, 2.75) is 11.6 Å². The van der Waals surface area contributed by atoms with E-state index in [1.165, 1.54) is 6.07 Å². The summed E-state index contributed by atoms with van der Waals surface area (Å²) in [6, 6.07) is 1.36. The molecule has 74 valence electrons. The molecule has 1 aromatic rings. The van der Waals surface area contributed by atoms with Gasteiger partial charge in [0.25, 0.3) is 0 Å². The van der Waals surface area contributed by atoms with Gasteiger partial charge in [0.05, 0.1) is 3.79 Å². The fraction of sp³-hybridized carbons (Fsp3) is 0.333. The summed E-state index contributed by atoms with van der Waals surface area (Å²) < 4.78 is 37.6. The topological polar surface area (TPSA) is 0 Å². The summed E-state index contributed by atoms with van der Waals surface area (Å²) in [5, 5.41) is -1.93. The van der Waals surface area contributed by atoms with Crippen LogP contribution in [0.4, 0.5) is 13.2 Å². The van der Waals surface area contributed by atoms with Crippen molar-refractivity contribution in [2.75, 3.05) is 0 Å². The van der Waals surface area contributed by atoms with Gasteiger partial charge in [0.2, 0.25) is 0 Å². The third-order valence-corrected chi connectivity index (χ3v) is 5.13. The number of alkyl halides is 4. The molecule has 0 aliphatic carbocycles. The first-order valence-electron chi connectivity index (χ1n) is 2.98. The molecule has 1 rings (SSSR count). The van der Waals surface area contributed by atoms with Gasteiger partial charge in [0.1, 0.15) is 0 Å². The molecule has 13 heavy (non-hydrogen) atoms. The number of halogens is 6. The molecule has 0 fully saturated rings. The van der Waals surface area contributed by atoms with E-state index in [0.29, 0.717) is 8.26 Å². The summed E-state index contributed by atoms with van der Waals surface area (Å²) in [6.07, 6.45) is -4.40. The molecule has 1 aromatic heterocycles. The van der Waals surface area contributed by atoms with E-state index in [1.54, 1.807) is 0 Å². The van der Waals surface area contributed by atoms with Gasteiger partial charge in [-0.2, -0.15) is 13.2 Å². The second-order valence-electron chi connectivity index (χ2n) is 2.17. The Morgan fingerprint density at radius 2 is 1.92 bits per heavy atom. The van der Waals surface area contributed by atoms with E-state index in [4.69, 9.17) is 11.6 Å². The normalized spacial score (nSPS) is 14.6. The first-order chi connectivity index (χ1) is 5.82. The average Bonchev–Trinajstić information content (AvgIpc) is 2.29. The number of rotatable bonds is 1. The van der Waals surface area contributed by atoms with Crippen molar-refractivity contribution in [1.29, 1.82) is 0 Å². The lowest BCUT2D eigenvalue weighted by atomic mass is 10.3. The van der Waals surface area contributed by atoms with Crippen molar-refractivity contribution < 1.29 is 13.2 Å². The largest absolute Gasteiger partial charge is 0.409 e. The Labute approximate surface area is 98.3 Å². The minimum Gasteiger partial charge on any atom is -0.169 e. The molecular formula is C6H2Br2ClF3S. The summed E-state index contributed by atoms with van der Waals surface area (Å²) >= 11 is 12.4. The number of hydrogen-bond donors (Lipinski definition) is 0. The molecule has 0 aliphatic heterocycles. The van der Waals surface area contributed by atoms with E-state index in [2.05, 4.69) is 31.9 Å². The Morgan fingerprint density at radius 1 is 1.38 bits per heavy atom. The van der Waals surface area contributed by atoms with Gasteiger partial charge in [-0.1, -0.05) is 0 Å². The predicted molar refractivity (Wildman–Crippen MR) is 54.4 cm³/mol. The van der Waals surface area contributed by atoms with Gasteiger partial charge in [-0.3, -0.25) is 0 Å². The second-order valence-corrected chi connectivity index (χ2v) is 5.87. The first kappa shape index (κ1) is 11.8. The van der Waals surface area contributed by atoms with Gasteiger partial charge in [0, 0.05) is 9.35 Å². The van der Waals surface area contributed by atoms with Crippen molar-refractivity contribution in [2.24, 2.45) is 0 Å². The minimum absolute atomic E-state index is 0.0768. The zero-order chi connectivity index (χ0) is 10.2. The molecular weight excluding hydrogens is 356 g/mol. The Bertz CT molecular complexity index is 290. The highest BCUT2D eigenvalue weighted by molar-refractivity contribution is 9.13. The molecule has 1 heterocycles. The predicted octanol–water partition coefficient (Wildman–Crippen LogP) is 5.12. The van der Waals surface area contributed by atoms with Crippen molar-refractivity contribution in [1.82, 2.24) is 0 Å². The zero-order valence-electron chi connectivity index (χ0n) is 5.83. The highest BCUT2D eigenvalue weighted by atomic mass is 79.9. The fourth-order valence-corrected chi connectivity index (χ4v) is 2.94. The Balaban J connectivity index is 2.96. The summed E-state index contributed by atoms with van der Waals surface area (Å²) in [5.74, 6) is 0. The van der Waals surface area contributed by atoms with Crippen LogP contribution >= 0.6 is 54.8 Å². The molecule has 0 spiro atoms. The molecule has 0 radical (unpaired) electrons. The van der Waals surface area contributed by atoms with Crippen molar-refractivity contribution >= 4 is 54.8 Å². The smallest absolute Gasteiger partial charge is 0.169 e. The van der Waals surface area contributed by atoms with Crippen LogP contribution in [0.25, 0.3) is 0 Å². The molecule has 0 saturated carbocycles. The van der Waals surface area contributed by atoms with E-state index >= 15 is 0 Å². The Morgan fingerprint density at radius 3 is 2.23 bits per heavy atom. The zero-order valence-corrected chi connectivity index (χ0v) is 10.6. The summed E-state index contributed by atoms with van der Waals surface area (Å²) in [7, 11) is 0. The maximum absolute atomic E-state index is 12.1. The second kappa shape index (κ2) is 4.08. The van der Waals surface area contributed by atoms with Crippen LogP contribution in [0.5, 0.6) is 0 Å². The maximum atomic E-state index is 12.1. The average molecular weight is 358 g/mol. The Kier molecular flexibility index (Phi) is 3.71. The highest BCUT2D eigenvalue weighted by Crippen LogP contribution is 2.44. The maximum Gasteiger partial charge on any atom is 0.409 e. The molecule has 1 atom stereocenters. The van der Waals surface area contributed by atoms with E-state index in [9.17, 15) is 13.2 Å². The number of thiophene rings is 1. The van der Waals surface area contributed by atoms with Crippen LogP contribution in [0.1, 0.15) is 10.3 Å². The fourth-order valence-electron chi connectivity index (χ4n) is 0.650. The Hall–Kier alpha value is 0.740. The standard InChI is InChI=1S/C6H2Br2ClF3S/c7-2-1-3(13-5(2)8)4(9)6(10,11)12/h1,4H. The van der Waals surface area contributed by atoms with Crippen LogP contribution in [0.2, 0.25) is 0 Å². The molecule has 0 bridgehead atoms. The van der Waals surface area contributed by atoms with Gasteiger partial charge in [-0.15, -0.1) is 22.9 Å². The van der Waals surface area contributed by atoms with Gasteiger partial charge < -0.3 is 0 Å². The molecule has 0 nitrogen and oxygen atoms in total. The SMILES string of the molecule is FC(F)(F)C(Cl)c1cc(Br)c(Br)s1. The van der Waals surface area contributed by atoms with Gasteiger partial charge >= 0.3 is 6.18 Å². The van der Waals surface area contributed by atoms with Crippen LogP contribution in [0, 0.1) is 0 Å². The summed E-state index contributed by atoms with van der Waals surface area (Å²) in [6.45, 7) is 0.